The lowest BCUT2D eigenvalue weighted by Gasteiger charge is -2.40. The van der Waals surface area contributed by atoms with Crippen LogP contribution in [0.1, 0.15) is 6.42 Å². The molecule has 0 bridgehead atoms. The maximum absolute atomic E-state index is 5.99. The molecule has 0 spiro atoms. The molecule has 0 fully saturated rings. The average molecular weight is 330 g/mol. The van der Waals surface area contributed by atoms with Crippen molar-refractivity contribution in [1.82, 2.24) is 0 Å². The van der Waals surface area contributed by atoms with Crippen LogP contribution in [0.4, 0.5) is 0 Å². The Kier molecular flexibility index (Phi) is 8.78. The highest BCUT2D eigenvalue weighted by molar-refractivity contribution is 6.82. The third-order valence-corrected chi connectivity index (χ3v) is 11.4. The number of rotatable bonds is 10. The van der Waals surface area contributed by atoms with Gasteiger partial charge in [-0.15, -0.1) is 0 Å². The molecule has 19 heavy (non-hydrogen) atoms. The molecular formula is C9H27NO6Si3. The molecule has 0 saturated heterocycles. The van der Waals surface area contributed by atoms with Crippen LogP contribution in [0, 0.1) is 0 Å². The quantitative estimate of drug-likeness (QED) is 0.499. The minimum Gasteiger partial charge on any atom is -0.377 e. The number of hydrogen-bond donors (Lipinski definition) is 1. The van der Waals surface area contributed by atoms with Gasteiger partial charge in [-0.25, -0.2) is 0 Å². The molecule has 0 aromatic carbocycles. The van der Waals surface area contributed by atoms with Crippen molar-refractivity contribution in [2.75, 3.05) is 42.7 Å². The summed E-state index contributed by atoms with van der Waals surface area (Å²) in [6.45, 7) is 0. The monoisotopic (exact) mass is 329 g/mol. The molecule has 0 aromatic heterocycles. The normalized spacial score (nSPS) is 15.2. The van der Waals surface area contributed by atoms with Crippen LogP contribution in [-0.2, 0) is 26.6 Å². The molecule has 0 saturated carbocycles. The first kappa shape index (κ1) is 19.4. The van der Waals surface area contributed by atoms with E-state index in [1.165, 1.54) is 0 Å². The molecule has 0 aliphatic rings. The fraction of sp³-hybridized carbons (Fsp3) is 1.00. The summed E-state index contributed by atoms with van der Waals surface area (Å²) in [5.41, 5.74) is 6.03. The van der Waals surface area contributed by atoms with Crippen molar-refractivity contribution < 1.29 is 26.6 Å². The highest BCUT2D eigenvalue weighted by atomic mass is 28.5. The minimum absolute atomic E-state index is 0.0460. The van der Waals surface area contributed by atoms with E-state index in [0.717, 1.165) is 10.2 Å². The Morgan fingerprint density at radius 2 is 1.05 bits per heavy atom. The third kappa shape index (κ3) is 4.17. The van der Waals surface area contributed by atoms with Crippen LogP contribution in [0.25, 0.3) is 0 Å². The Morgan fingerprint density at radius 1 is 0.789 bits per heavy atom. The van der Waals surface area contributed by atoms with Crippen molar-refractivity contribution in [3.05, 3.63) is 0 Å². The molecule has 0 aliphatic carbocycles. The fourth-order valence-electron chi connectivity index (χ4n) is 2.23. The smallest absolute Gasteiger partial charge is 0.377 e. The van der Waals surface area contributed by atoms with E-state index in [-0.39, 0.29) is 10.8 Å². The van der Waals surface area contributed by atoms with Crippen molar-refractivity contribution >= 4 is 27.9 Å². The van der Waals surface area contributed by atoms with E-state index in [4.69, 9.17) is 32.3 Å². The molecule has 0 heterocycles. The van der Waals surface area contributed by atoms with E-state index >= 15 is 0 Å². The second-order valence-electron chi connectivity index (χ2n) is 4.20. The summed E-state index contributed by atoms with van der Waals surface area (Å²) < 4.78 is 33.4. The second-order valence-corrected chi connectivity index (χ2v) is 12.5. The summed E-state index contributed by atoms with van der Waals surface area (Å²) in [6.07, 6.45) is 0.621. The lowest BCUT2D eigenvalue weighted by Crippen LogP contribution is -2.63. The highest BCUT2D eigenvalue weighted by Crippen LogP contribution is 2.38. The van der Waals surface area contributed by atoms with Gasteiger partial charge < -0.3 is 32.3 Å². The highest BCUT2D eigenvalue weighted by Gasteiger charge is 2.63. The van der Waals surface area contributed by atoms with Gasteiger partial charge in [-0.3, -0.25) is 0 Å². The van der Waals surface area contributed by atoms with Gasteiger partial charge >= 0.3 is 17.6 Å². The van der Waals surface area contributed by atoms with Gasteiger partial charge in [0.2, 0.25) is 0 Å². The summed E-state index contributed by atoms with van der Waals surface area (Å²) in [7, 11) is 4.24. The van der Waals surface area contributed by atoms with Gasteiger partial charge in [0.1, 0.15) is 5.16 Å². The van der Waals surface area contributed by atoms with Gasteiger partial charge in [-0.1, -0.05) is 0 Å². The molecule has 0 amide bonds. The maximum Gasteiger partial charge on any atom is 0.508 e. The Balaban J connectivity index is 5.63. The van der Waals surface area contributed by atoms with E-state index in [1.807, 2.05) is 0 Å². The van der Waals surface area contributed by atoms with E-state index in [0.29, 0.717) is 6.42 Å². The predicted octanol–water partition coefficient (Wildman–Crippen LogP) is -1.31. The van der Waals surface area contributed by atoms with Gasteiger partial charge in [-0.2, -0.15) is 0 Å². The largest absolute Gasteiger partial charge is 0.508 e. The Hall–Kier alpha value is 0.371. The van der Waals surface area contributed by atoms with Gasteiger partial charge in [-0.05, 0) is 12.1 Å². The summed E-state index contributed by atoms with van der Waals surface area (Å²) in [4.78, 5) is 0. The van der Waals surface area contributed by atoms with Gasteiger partial charge in [0.15, 0.2) is 0 Å². The summed E-state index contributed by atoms with van der Waals surface area (Å²) in [5.74, 6) is 0. The van der Waals surface area contributed by atoms with Crippen LogP contribution in [0.5, 0.6) is 0 Å². The minimum atomic E-state index is -2.98. The van der Waals surface area contributed by atoms with Gasteiger partial charge in [0, 0.05) is 52.9 Å². The predicted molar refractivity (Wildman–Crippen MR) is 79.8 cm³/mol. The van der Waals surface area contributed by atoms with Crippen LogP contribution in [0.15, 0.2) is 0 Å². The number of hydrogen-bond acceptors (Lipinski definition) is 7. The van der Waals surface area contributed by atoms with Crippen LogP contribution in [0.3, 0.4) is 0 Å². The van der Waals surface area contributed by atoms with Crippen molar-refractivity contribution in [2.45, 2.75) is 17.3 Å². The number of nitrogens with two attached hydrogens (primary N) is 1. The zero-order valence-corrected chi connectivity index (χ0v) is 16.9. The van der Waals surface area contributed by atoms with Crippen LogP contribution < -0.4 is 5.73 Å². The molecule has 10 heteroatoms. The molecular weight excluding hydrogens is 302 g/mol. The van der Waals surface area contributed by atoms with Crippen molar-refractivity contribution in [2.24, 2.45) is 5.73 Å². The topological polar surface area (TPSA) is 81.4 Å². The van der Waals surface area contributed by atoms with E-state index in [1.54, 1.807) is 42.7 Å². The zero-order valence-electron chi connectivity index (χ0n) is 12.9. The molecule has 7 nitrogen and oxygen atoms in total. The van der Waals surface area contributed by atoms with E-state index < -0.39 is 17.6 Å². The molecule has 0 aromatic rings. The summed E-state index contributed by atoms with van der Waals surface area (Å²) in [5, 5.41) is -0.257. The molecule has 2 N–H and O–H groups in total. The SMILES string of the molecule is CO[Si](OC)(OC)C(CC(N)[SiH3])[Si](OC)(OC)OC. The Morgan fingerprint density at radius 3 is 1.21 bits per heavy atom. The standard InChI is InChI=1S/C9H27NO6Si3/c1-11-18(12-2,13-3)9(7-8(10)17)19(14-4,15-5)16-6/h8-9H,7,10H2,1-6,17H3. The maximum atomic E-state index is 5.99. The Labute approximate surface area is 120 Å². The van der Waals surface area contributed by atoms with Crippen molar-refractivity contribution in [1.29, 1.82) is 0 Å². The van der Waals surface area contributed by atoms with Crippen molar-refractivity contribution in [3.8, 4) is 0 Å². The van der Waals surface area contributed by atoms with Crippen LogP contribution in [0.2, 0.25) is 5.16 Å². The van der Waals surface area contributed by atoms with Crippen molar-refractivity contribution in [3.63, 3.8) is 0 Å². The summed E-state index contributed by atoms with van der Waals surface area (Å²) >= 11 is 0. The second kappa shape index (κ2) is 8.61. The van der Waals surface area contributed by atoms with Gasteiger partial charge in [0.05, 0.1) is 0 Å². The third-order valence-electron chi connectivity index (χ3n) is 3.17. The molecule has 1 atom stereocenters. The molecule has 1 unspecified atom stereocenters. The molecule has 0 rings (SSSR count). The fourth-order valence-corrected chi connectivity index (χ4v) is 11.5. The first-order valence-electron chi connectivity index (χ1n) is 5.98. The van der Waals surface area contributed by atoms with Gasteiger partial charge in [0.25, 0.3) is 0 Å². The molecule has 0 radical (unpaired) electrons. The lowest BCUT2D eigenvalue weighted by atomic mass is 10.5. The summed E-state index contributed by atoms with van der Waals surface area (Å²) in [6, 6.07) is 0. The molecule has 0 aliphatic heterocycles. The molecule has 116 valence electrons. The van der Waals surface area contributed by atoms with Crippen LogP contribution >= 0.6 is 0 Å². The van der Waals surface area contributed by atoms with Crippen LogP contribution in [-0.4, -0.2) is 76.2 Å². The first-order chi connectivity index (χ1) is 8.91. The first-order valence-corrected chi connectivity index (χ1v) is 10.7. The van der Waals surface area contributed by atoms with E-state index in [2.05, 4.69) is 0 Å². The average Bonchev–Trinajstić information content (AvgIpc) is 2.43. The Bertz CT molecular complexity index is 214. The zero-order chi connectivity index (χ0) is 15.1. The van der Waals surface area contributed by atoms with E-state index in [9.17, 15) is 0 Å². The lowest BCUT2D eigenvalue weighted by molar-refractivity contribution is 0.0782.